The second kappa shape index (κ2) is 5.28. The Labute approximate surface area is 121 Å². The number of hydrogen-bond acceptors (Lipinski definition) is 3. The quantitative estimate of drug-likeness (QED) is 0.802. The maximum atomic E-state index is 13.8. The van der Waals surface area contributed by atoms with Gasteiger partial charge in [-0.3, -0.25) is 0 Å². The number of hydrogen-bond donors (Lipinski definition) is 1. The molecule has 0 amide bonds. The molecule has 0 aliphatic carbocycles. The molecule has 1 aromatic heterocycles. The van der Waals surface area contributed by atoms with Crippen molar-refractivity contribution < 1.29 is 9.13 Å². The van der Waals surface area contributed by atoms with E-state index in [2.05, 4.69) is 5.10 Å². The highest BCUT2D eigenvalue weighted by atomic mass is 19.1. The van der Waals surface area contributed by atoms with Crippen LogP contribution in [0.4, 0.5) is 10.2 Å². The standard InChI is InChI=1S/C16H14FN3O/c1-21-12-6-4-5-11(9-12)20-16(18)10-15(19-20)13-7-2-3-8-14(13)17/h2-10H,18H2,1H3. The lowest BCUT2D eigenvalue weighted by Gasteiger charge is -2.06. The molecule has 2 N–H and O–H groups in total. The van der Waals surface area contributed by atoms with Gasteiger partial charge in [-0.05, 0) is 24.3 Å². The van der Waals surface area contributed by atoms with E-state index in [1.807, 2.05) is 24.3 Å². The third-order valence-corrected chi connectivity index (χ3v) is 3.18. The second-order valence-electron chi connectivity index (χ2n) is 4.55. The van der Waals surface area contributed by atoms with Crippen LogP contribution < -0.4 is 10.5 Å². The van der Waals surface area contributed by atoms with Crippen LogP contribution in [0.25, 0.3) is 16.9 Å². The van der Waals surface area contributed by atoms with E-state index in [0.717, 1.165) is 5.69 Å². The van der Waals surface area contributed by atoms with Gasteiger partial charge in [-0.25, -0.2) is 9.07 Å². The molecule has 1 heterocycles. The molecule has 5 heteroatoms. The minimum Gasteiger partial charge on any atom is -0.497 e. The number of methoxy groups -OCH3 is 1. The summed E-state index contributed by atoms with van der Waals surface area (Å²) in [4.78, 5) is 0. The molecule has 0 aliphatic rings. The first-order chi connectivity index (χ1) is 10.2. The number of halogens is 1. The zero-order chi connectivity index (χ0) is 14.8. The summed E-state index contributed by atoms with van der Waals surface area (Å²) in [6.45, 7) is 0. The van der Waals surface area contributed by atoms with Crippen molar-refractivity contribution in [2.75, 3.05) is 12.8 Å². The molecule has 106 valence electrons. The van der Waals surface area contributed by atoms with Gasteiger partial charge in [0.2, 0.25) is 0 Å². The molecule has 4 nitrogen and oxygen atoms in total. The molecule has 0 spiro atoms. The maximum Gasteiger partial charge on any atom is 0.132 e. The Bertz CT molecular complexity index is 783. The number of anilines is 1. The predicted molar refractivity (Wildman–Crippen MR) is 79.9 cm³/mol. The average Bonchev–Trinajstić information content (AvgIpc) is 2.89. The lowest BCUT2D eigenvalue weighted by Crippen LogP contribution is -2.01. The van der Waals surface area contributed by atoms with Crippen molar-refractivity contribution in [1.29, 1.82) is 0 Å². The number of aromatic nitrogens is 2. The fourth-order valence-corrected chi connectivity index (χ4v) is 2.15. The van der Waals surface area contributed by atoms with Crippen LogP contribution in [0.1, 0.15) is 0 Å². The van der Waals surface area contributed by atoms with E-state index in [-0.39, 0.29) is 5.82 Å². The Hall–Kier alpha value is -2.82. The highest BCUT2D eigenvalue weighted by molar-refractivity contribution is 5.64. The minimum atomic E-state index is -0.326. The molecule has 0 atom stereocenters. The summed E-state index contributed by atoms with van der Waals surface area (Å²) in [7, 11) is 1.59. The number of rotatable bonds is 3. The van der Waals surface area contributed by atoms with Gasteiger partial charge in [0.25, 0.3) is 0 Å². The first kappa shape index (κ1) is 13.2. The summed E-state index contributed by atoms with van der Waals surface area (Å²) in [6, 6.07) is 15.5. The highest BCUT2D eigenvalue weighted by Crippen LogP contribution is 2.26. The van der Waals surface area contributed by atoms with Crippen LogP contribution in [0.3, 0.4) is 0 Å². The van der Waals surface area contributed by atoms with Crippen LogP contribution in [0.15, 0.2) is 54.6 Å². The Kier molecular flexibility index (Phi) is 3.31. The van der Waals surface area contributed by atoms with Crippen molar-refractivity contribution in [2.45, 2.75) is 0 Å². The van der Waals surface area contributed by atoms with E-state index in [9.17, 15) is 4.39 Å². The average molecular weight is 283 g/mol. The van der Waals surface area contributed by atoms with E-state index in [1.165, 1.54) is 6.07 Å². The zero-order valence-electron chi connectivity index (χ0n) is 11.5. The van der Waals surface area contributed by atoms with E-state index in [4.69, 9.17) is 10.5 Å². The fourth-order valence-electron chi connectivity index (χ4n) is 2.15. The molecule has 0 bridgehead atoms. The number of ether oxygens (including phenoxy) is 1. The summed E-state index contributed by atoms with van der Waals surface area (Å²) < 4.78 is 20.6. The van der Waals surface area contributed by atoms with Gasteiger partial charge in [0, 0.05) is 17.7 Å². The summed E-state index contributed by atoms with van der Waals surface area (Å²) in [5.74, 6) is 0.809. The first-order valence-electron chi connectivity index (χ1n) is 6.44. The third-order valence-electron chi connectivity index (χ3n) is 3.18. The Balaban J connectivity index is 2.08. The summed E-state index contributed by atoms with van der Waals surface area (Å²) in [6.07, 6.45) is 0. The van der Waals surface area contributed by atoms with E-state index >= 15 is 0 Å². The van der Waals surface area contributed by atoms with Crippen molar-refractivity contribution in [3.63, 3.8) is 0 Å². The molecule has 0 aliphatic heterocycles. The van der Waals surface area contributed by atoms with Gasteiger partial charge in [0.1, 0.15) is 17.4 Å². The molecule has 2 aromatic carbocycles. The molecule has 3 aromatic rings. The zero-order valence-corrected chi connectivity index (χ0v) is 11.5. The molecular formula is C16H14FN3O. The SMILES string of the molecule is COc1cccc(-n2nc(-c3ccccc3F)cc2N)c1. The van der Waals surface area contributed by atoms with Crippen LogP contribution in [0.5, 0.6) is 5.75 Å². The van der Waals surface area contributed by atoms with Gasteiger partial charge < -0.3 is 10.5 Å². The van der Waals surface area contributed by atoms with E-state index < -0.39 is 0 Å². The van der Waals surface area contributed by atoms with Crippen molar-refractivity contribution in [2.24, 2.45) is 0 Å². The van der Waals surface area contributed by atoms with Gasteiger partial charge in [-0.1, -0.05) is 18.2 Å². The molecular weight excluding hydrogens is 269 g/mol. The van der Waals surface area contributed by atoms with Crippen LogP contribution >= 0.6 is 0 Å². The van der Waals surface area contributed by atoms with Crippen molar-refractivity contribution in [3.8, 4) is 22.7 Å². The number of nitrogen functional groups attached to an aromatic ring is 1. The molecule has 0 saturated carbocycles. The van der Waals surface area contributed by atoms with E-state index in [1.54, 1.807) is 36.1 Å². The van der Waals surface area contributed by atoms with Crippen molar-refractivity contribution in [1.82, 2.24) is 9.78 Å². The topological polar surface area (TPSA) is 53.1 Å². The molecule has 0 unspecified atom stereocenters. The summed E-state index contributed by atoms with van der Waals surface area (Å²) in [5.41, 5.74) is 7.66. The Morgan fingerprint density at radius 2 is 1.90 bits per heavy atom. The van der Waals surface area contributed by atoms with Gasteiger partial charge >= 0.3 is 0 Å². The number of nitrogens with two attached hydrogens (primary N) is 1. The van der Waals surface area contributed by atoms with Crippen LogP contribution in [-0.4, -0.2) is 16.9 Å². The van der Waals surface area contributed by atoms with Gasteiger partial charge in [-0.15, -0.1) is 0 Å². The Morgan fingerprint density at radius 1 is 1.10 bits per heavy atom. The Morgan fingerprint density at radius 3 is 2.67 bits per heavy atom. The monoisotopic (exact) mass is 283 g/mol. The lowest BCUT2D eigenvalue weighted by molar-refractivity contribution is 0.414. The summed E-state index contributed by atoms with van der Waals surface area (Å²) >= 11 is 0. The number of nitrogens with zero attached hydrogens (tertiary/aromatic N) is 2. The normalized spacial score (nSPS) is 10.6. The number of benzene rings is 2. The maximum absolute atomic E-state index is 13.8. The first-order valence-corrected chi connectivity index (χ1v) is 6.44. The smallest absolute Gasteiger partial charge is 0.132 e. The lowest BCUT2D eigenvalue weighted by atomic mass is 10.1. The van der Waals surface area contributed by atoms with Crippen molar-refractivity contribution in [3.05, 3.63) is 60.4 Å². The molecule has 3 rings (SSSR count). The third kappa shape index (κ3) is 2.45. The predicted octanol–water partition coefficient (Wildman–Crippen LogP) is 3.27. The van der Waals surface area contributed by atoms with Crippen LogP contribution in [0, 0.1) is 5.82 Å². The minimum absolute atomic E-state index is 0.326. The van der Waals surface area contributed by atoms with Gasteiger partial charge in [0.15, 0.2) is 0 Å². The van der Waals surface area contributed by atoms with Gasteiger partial charge in [-0.2, -0.15) is 5.10 Å². The molecule has 0 saturated heterocycles. The highest BCUT2D eigenvalue weighted by Gasteiger charge is 2.12. The van der Waals surface area contributed by atoms with Crippen LogP contribution in [-0.2, 0) is 0 Å². The molecule has 21 heavy (non-hydrogen) atoms. The van der Waals surface area contributed by atoms with Gasteiger partial charge in [0.05, 0.1) is 18.5 Å². The molecule has 0 radical (unpaired) electrons. The molecule has 0 fully saturated rings. The van der Waals surface area contributed by atoms with Crippen molar-refractivity contribution >= 4 is 5.82 Å². The second-order valence-corrected chi connectivity index (χ2v) is 4.55. The van der Waals surface area contributed by atoms with Crippen LogP contribution in [0.2, 0.25) is 0 Å². The largest absolute Gasteiger partial charge is 0.497 e. The fraction of sp³-hybridized carbons (Fsp3) is 0.0625. The van der Waals surface area contributed by atoms with E-state index in [0.29, 0.717) is 22.8 Å². The summed E-state index contributed by atoms with van der Waals surface area (Å²) in [5, 5.41) is 4.38.